The molecule has 0 saturated carbocycles. The van der Waals surface area contributed by atoms with Crippen LogP contribution in [-0.2, 0) is 0 Å². The third-order valence-corrected chi connectivity index (χ3v) is 1.81. The minimum atomic E-state index is -0.450. The van der Waals surface area contributed by atoms with Crippen LogP contribution in [0, 0.1) is 20.0 Å². The second-order valence-electron chi connectivity index (χ2n) is 2.31. The van der Waals surface area contributed by atoms with Crippen molar-refractivity contribution in [2.75, 3.05) is 6.61 Å². The molecule has 0 spiro atoms. The van der Waals surface area contributed by atoms with Crippen molar-refractivity contribution < 1.29 is 9.66 Å². The van der Waals surface area contributed by atoms with Gasteiger partial charge in [-0.25, -0.2) is 0 Å². The second kappa shape index (κ2) is 5.44. The summed E-state index contributed by atoms with van der Waals surface area (Å²) < 4.78 is 7.83. The van der Waals surface area contributed by atoms with E-state index in [1.165, 1.54) is 12.1 Å². The van der Waals surface area contributed by atoms with Gasteiger partial charge in [0.2, 0.25) is 0 Å². The Kier molecular flexibility index (Phi) is 4.19. The van der Waals surface area contributed by atoms with Crippen LogP contribution in [0.3, 0.4) is 0 Å². The normalized spacial score (nSPS) is 8.64. The van der Waals surface area contributed by atoms with E-state index in [4.69, 9.17) is 4.74 Å². The number of hydrogen-bond donors (Lipinski definition) is 0. The molecular weight excluding hydrogens is 297 g/mol. The van der Waals surface area contributed by atoms with Crippen molar-refractivity contribution in [3.63, 3.8) is 0 Å². The Morgan fingerprint density at radius 2 is 2.07 bits per heavy atom. The van der Waals surface area contributed by atoms with Crippen LogP contribution in [0.1, 0.15) is 0 Å². The third kappa shape index (κ3) is 3.22. The van der Waals surface area contributed by atoms with Crippen LogP contribution in [0.4, 0.5) is 5.69 Å². The van der Waals surface area contributed by atoms with Crippen LogP contribution in [0.15, 0.2) is 24.3 Å². The summed E-state index contributed by atoms with van der Waals surface area (Å²) >= 11 is 1.91. The molecule has 0 fully saturated rings. The number of ether oxygens (including phenoxy) is 1. The summed E-state index contributed by atoms with van der Waals surface area (Å²) in [5, 5.41) is 10.3. The molecule has 0 N–H and O–H groups in total. The molecule has 0 atom stereocenters. The van der Waals surface area contributed by atoms with Crippen LogP contribution in [0.5, 0.6) is 5.75 Å². The first kappa shape index (κ1) is 10.8. The number of non-ortho nitro benzene ring substituents is 1. The zero-order valence-corrected chi connectivity index (χ0v) is 9.22. The molecular formula is C9H6INO3. The Bertz CT molecular complexity index is 377. The second-order valence-corrected chi connectivity index (χ2v) is 2.85. The SMILES string of the molecule is O=[N+]([O-])c1ccc(OCC#CI)cc1. The summed E-state index contributed by atoms with van der Waals surface area (Å²) in [6.45, 7) is 0.292. The van der Waals surface area contributed by atoms with Crippen molar-refractivity contribution in [2.24, 2.45) is 0 Å². The largest absolute Gasteiger partial charge is 0.481 e. The Morgan fingerprint density at radius 1 is 1.43 bits per heavy atom. The topological polar surface area (TPSA) is 52.4 Å². The summed E-state index contributed by atoms with van der Waals surface area (Å²) in [7, 11) is 0. The molecule has 0 heterocycles. The molecule has 0 unspecified atom stereocenters. The van der Waals surface area contributed by atoms with Crippen molar-refractivity contribution in [1.29, 1.82) is 0 Å². The minimum Gasteiger partial charge on any atom is -0.481 e. The first-order valence-corrected chi connectivity index (χ1v) is 4.77. The highest BCUT2D eigenvalue weighted by Crippen LogP contribution is 2.16. The summed E-state index contributed by atoms with van der Waals surface area (Å²) in [5.41, 5.74) is 0.0531. The highest BCUT2D eigenvalue weighted by molar-refractivity contribution is 14.1. The lowest BCUT2D eigenvalue weighted by Crippen LogP contribution is -1.94. The fraction of sp³-hybridized carbons (Fsp3) is 0.111. The predicted octanol–water partition coefficient (Wildman–Crippen LogP) is 2.37. The van der Waals surface area contributed by atoms with Gasteiger partial charge in [-0.2, -0.15) is 0 Å². The number of nitrogens with zero attached hydrogens (tertiary/aromatic N) is 1. The van der Waals surface area contributed by atoms with E-state index in [1.807, 2.05) is 22.6 Å². The van der Waals surface area contributed by atoms with Gasteiger partial charge in [0.1, 0.15) is 12.4 Å². The molecule has 0 aromatic heterocycles. The molecule has 0 saturated heterocycles. The molecule has 4 nitrogen and oxygen atoms in total. The highest BCUT2D eigenvalue weighted by Gasteiger charge is 2.03. The van der Waals surface area contributed by atoms with Gasteiger partial charge in [-0.15, -0.1) is 0 Å². The molecule has 0 radical (unpaired) electrons. The molecule has 0 aliphatic heterocycles. The van der Waals surface area contributed by atoms with Gasteiger partial charge in [0.25, 0.3) is 5.69 Å². The molecule has 1 aromatic rings. The quantitative estimate of drug-likeness (QED) is 0.373. The zero-order valence-electron chi connectivity index (χ0n) is 7.07. The molecule has 72 valence electrons. The van der Waals surface area contributed by atoms with Gasteiger partial charge in [0.05, 0.1) is 4.92 Å². The van der Waals surface area contributed by atoms with Crippen LogP contribution in [0.2, 0.25) is 0 Å². The number of rotatable bonds is 3. The Balaban J connectivity index is 2.62. The Morgan fingerprint density at radius 3 is 2.57 bits per heavy atom. The Hall–Kier alpha value is -1.29. The van der Waals surface area contributed by atoms with Crippen LogP contribution in [0.25, 0.3) is 0 Å². The predicted molar refractivity (Wildman–Crippen MR) is 60.4 cm³/mol. The zero-order chi connectivity index (χ0) is 10.4. The first-order valence-electron chi connectivity index (χ1n) is 3.70. The number of halogens is 1. The monoisotopic (exact) mass is 303 g/mol. The fourth-order valence-electron chi connectivity index (χ4n) is 0.811. The van der Waals surface area contributed by atoms with Gasteiger partial charge in [-0.1, -0.05) is 5.92 Å². The summed E-state index contributed by atoms with van der Waals surface area (Å²) in [6.07, 6.45) is 0. The minimum absolute atomic E-state index is 0.0531. The van der Waals surface area contributed by atoms with Crippen LogP contribution in [-0.4, -0.2) is 11.5 Å². The van der Waals surface area contributed by atoms with E-state index in [2.05, 4.69) is 9.85 Å². The van der Waals surface area contributed by atoms with Crippen molar-refractivity contribution in [1.82, 2.24) is 0 Å². The molecule has 0 bridgehead atoms. The number of benzene rings is 1. The molecule has 1 aromatic carbocycles. The molecule has 5 heteroatoms. The van der Waals surface area contributed by atoms with E-state index in [-0.39, 0.29) is 5.69 Å². The molecule has 0 aliphatic carbocycles. The maximum atomic E-state index is 10.3. The van der Waals surface area contributed by atoms with E-state index < -0.39 is 4.92 Å². The van der Waals surface area contributed by atoms with Gasteiger partial charge in [0.15, 0.2) is 0 Å². The lowest BCUT2D eigenvalue weighted by Gasteiger charge is -2.00. The van der Waals surface area contributed by atoms with E-state index in [1.54, 1.807) is 12.1 Å². The van der Waals surface area contributed by atoms with Gasteiger partial charge in [-0.05, 0) is 16.1 Å². The van der Waals surface area contributed by atoms with Gasteiger partial charge >= 0.3 is 0 Å². The number of nitro groups is 1. The number of nitro benzene ring substituents is 1. The number of hydrogen-bond acceptors (Lipinski definition) is 3. The van der Waals surface area contributed by atoms with Gasteiger partial charge < -0.3 is 4.74 Å². The highest BCUT2D eigenvalue weighted by atomic mass is 127. The molecule has 14 heavy (non-hydrogen) atoms. The average molecular weight is 303 g/mol. The summed E-state index contributed by atoms with van der Waals surface area (Å²) in [4.78, 5) is 9.86. The van der Waals surface area contributed by atoms with E-state index >= 15 is 0 Å². The van der Waals surface area contributed by atoms with E-state index in [0.29, 0.717) is 12.4 Å². The molecule has 0 aliphatic rings. The summed E-state index contributed by atoms with van der Waals surface area (Å²) in [6, 6.07) is 5.89. The summed E-state index contributed by atoms with van der Waals surface area (Å²) in [5.74, 6) is 3.29. The first-order chi connectivity index (χ1) is 6.74. The van der Waals surface area contributed by atoms with Crippen molar-refractivity contribution in [2.45, 2.75) is 0 Å². The Labute approximate surface area is 94.6 Å². The van der Waals surface area contributed by atoms with E-state index in [0.717, 1.165) is 0 Å². The smallest absolute Gasteiger partial charge is 0.269 e. The van der Waals surface area contributed by atoms with Gasteiger partial charge in [-0.3, -0.25) is 10.1 Å². The van der Waals surface area contributed by atoms with E-state index in [9.17, 15) is 10.1 Å². The average Bonchev–Trinajstić information content (AvgIpc) is 2.19. The maximum absolute atomic E-state index is 10.3. The van der Waals surface area contributed by atoms with Crippen LogP contribution < -0.4 is 4.74 Å². The molecule has 1 rings (SSSR count). The van der Waals surface area contributed by atoms with Crippen molar-refractivity contribution in [3.8, 4) is 15.6 Å². The third-order valence-electron chi connectivity index (χ3n) is 1.43. The van der Waals surface area contributed by atoms with Crippen LogP contribution >= 0.6 is 22.6 Å². The standard InChI is InChI=1S/C9H6INO3/c10-6-1-7-14-9-4-2-8(3-5-9)11(12)13/h2-5H,7H2. The lowest BCUT2D eigenvalue weighted by molar-refractivity contribution is -0.384. The van der Waals surface area contributed by atoms with Crippen molar-refractivity contribution in [3.05, 3.63) is 34.4 Å². The lowest BCUT2D eigenvalue weighted by atomic mass is 10.3. The fourth-order valence-corrected chi connectivity index (χ4v) is 0.966. The van der Waals surface area contributed by atoms with Gasteiger partial charge in [0, 0.05) is 34.7 Å². The molecule has 0 amide bonds. The van der Waals surface area contributed by atoms with Crippen molar-refractivity contribution >= 4 is 28.3 Å². The maximum Gasteiger partial charge on any atom is 0.269 e.